The van der Waals surface area contributed by atoms with Gasteiger partial charge < -0.3 is 5.32 Å². The lowest BCUT2D eigenvalue weighted by atomic mass is 9.80. The maximum Gasteiger partial charge on any atom is 0.0400 e. The highest BCUT2D eigenvalue weighted by Gasteiger charge is 2.21. The van der Waals surface area contributed by atoms with Crippen LogP contribution in [0.5, 0.6) is 0 Å². The van der Waals surface area contributed by atoms with Crippen molar-refractivity contribution in [1.82, 2.24) is 0 Å². The summed E-state index contributed by atoms with van der Waals surface area (Å²) in [6.07, 6.45) is 2.27. The molecule has 0 radical (unpaired) electrons. The molecule has 0 saturated carbocycles. The van der Waals surface area contributed by atoms with E-state index >= 15 is 0 Å². The summed E-state index contributed by atoms with van der Waals surface area (Å²) >= 11 is 0. The molecule has 0 bridgehead atoms. The van der Waals surface area contributed by atoms with Crippen LogP contribution in [0.2, 0.25) is 0 Å². The summed E-state index contributed by atoms with van der Waals surface area (Å²) in [6, 6.07) is 30.3. The van der Waals surface area contributed by atoms with Crippen molar-refractivity contribution in [3.05, 3.63) is 102 Å². The first-order valence-electron chi connectivity index (χ1n) is 9.68. The predicted octanol–water partition coefficient (Wildman–Crippen LogP) is 6.67. The highest BCUT2D eigenvalue weighted by molar-refractivity contribution is 5.53. The fourth-order valence-electron chi connectivity index (χ4n) is 3.54. The Hall–Kier alpha value is -2.54. The molecule has 0 aromatic heterocycles. The van der Waals surface area contributed by atoms with Crippen molar-refractivity contribution in [3.8, 4) is 0 Å². The number of para-hydroxylation sites is 1. The van der Waals surface area contributed by atoms with Crippen molar-refractivity contribution in [2.24, 2.45) is 5.92 Å². The van der Waals surface area contributed by atoms with Crippen LogP contribution in [-0.2, 0) is 13.0 Å². The lowest BCUT2D eigenvalue weighted by molar-refractivity contribution is 0.443. The Kier molecular flexibility index (Phi) is 6.49. The first kappa shape index (κ1) is 18.3. The van der Waals surface area contributed by atoms with Crippen molar-refractivity contribution < 1.29 is 0 Å². The largest absolute Gasteiger partial charge is 0.381 e. The molecule has 0 aliphatic carbocycles. The minimum Gasteiger partial charge on any atom is -0.381 e. The monoisotopic (exact) mass is 343 g/mol. The smallest absolute Gasteiger partial charge is 0.0400 e. The van der Waals surface area contributed by atoms with E-state index in [4.69, 9.17) is 0 Å². The molecule has 134 valence electrons. The van der Waals surface area contributed by atoms with Crippen molar-refractivity contribution in [3.63, 3.8) is 0 Å². The van der Waals surface area contributed by atoms with Crippen molar-refractivity contribution >= 4 is 5.69 Å². The number of rotatable bonds is 8. The standard InChI is InChI=1S/C25H29N/c1-3-20(2)24(18-21-12-6-4-7-13-21)23-16-10-11-17-25(23)26-19-22-14-8-5-9-15-22/h4-17,20,24,26H,3,18-19H2,1-2H3/t20?,24-/m1/s1. The Bertz CT molecular complexity index is 780. The molecule has 0 saturated heterocycles. The molecule has 0 heterocycles. The van der Waals surface area contributed by atoms with Gasteiger partial charge in [0.1, 0.15) is 0 Å². The SMILES string of the molecule is CCC(C)[C@@H](Cc1ccccc1)c1ccccc1NCc1ccccc1. The van der Waals surface area contributed by atoms with E-state index in [2.05, 4.69) is 104 Å². The van der Waals surface area contributed by atoms with Crippen LogP contribution in [0.3, 0.4) is 0 Å². The molecule has 0 spiro atoms. The predicted molar refractivity (Wildman–Crippen MR) is 113 cm³/mol. The van der Waals surface area contributed by atoms with Crippen LogP contribution in [0.1, 0.15) is 42.9 Å². The Labute approximate surface area is 158 Å². The summed E-state index contributed by atoms with van der Waals surface area (Å²) < 4.78 is 0. The minimum atomic E-state index is 0.516. The molecule has 0 aliphatic heterocycles. The Morgan fingerprint density at radius 3 is 1.96 bits per heavy atom. The molecule has 3 aromatic rings. The molecular formula is C25H29N. The zero-order valence-electron chi connectivity index (χ0n) is 15.9. The van der Waals surface area contributed by atoms with Gasteiger partial charge in [-0.2, -0.15) is 0 Å². The molecule has 3 aromatic carbocycles. The number of hydrogen-bond donors (Lipinski definition) is 1. The summed E-state index contributed by atoms with van der Waals surface area (Å²) in [4.78, 5) is 0. The van der Waals surface area contributed by atoms with Gasteiger partial charge in [0.2, 0.25) is 0 Å². The van der Waals surface area contributed by atoms with Gasteiger partial charge in [0.15, 0.2) is 0 Å². The van der Waals surface area contributed by atoms with E-state index in [1.165, 1.54) is 28.8 Å². The van der Waals surface area contributed by atoms with Gasteiger partial charge in [-0.3, -0.25) is 0 Å². The Balaban J connectivity index is 1.84. The molecule has 0 fully saturated rings. The average molecular weight is 344 g/mol. The molecule has 2 atom stereocenters. The molecule has 1 heteroatoms. The van der Waals surface area contributed by atoms with E-state index < -0.39 is 0 Å². The van der Waals surface area contributed by atoms with Crippen LogP contribution in [-0.4, -0.2) is 0 Å². The summed E-state index contributed by atoms with van der Waals surface area (Å²) in [5, 5.41) is 3.67. The Morgan fingerprint density at radius 2 is 1.31 bits per heavy atom. The van der Waals surface area contributed by atoms with Crippen LogP contribution >= 0.6 is 0 Å². The van der Waals surface area contributed by atoms with E-state index in [1.807, 2.05) is 0 Å². The first-order chi connectivity index (χ1) is 12.8. The normalized spacial score (nSPS) is 13.2. The van der Waals surface area contributed by atoms with E-state index in [0.29, 0.717) is 11.8 Å². The van der Waals surface area contributed by atoms with E-state index in [1.54, 1.807) is 0 Å². The van der Waals surface area contributed by atoms with Gasteiger partial charge in [-0.15, -0.1) is 0 Å². The molecule has 1 N–H and O–H groups in total. The van der Waals surface area contributed by atoms with E-state index in [0.717, 1.165) is 13.0 Å². The molecule has 1 unspecified atom stereocenters. The number of benzene rings is 3. The first-order valence-corrected chi connectivity index (χ1v) is 9.68. The fraction of sp³-hybridized carbons (Fsp3) is 0.280. The van der Waals surface area contributed by atoms with E-state index in [-0.39, 0.29) is 0 Å². The molecular weight excluding hydrogens is 314 g/mol. The highest BCUT2D eigenvalue weighted by atomic mass is 14.9. The van der Waals surface area contributed by atoms with Gasteiger partial charge in [0.25, 0.3) is 0 Å². The van der Waals surface area contributed by atoms with Crippen molar-refractivity contribution in [2.45, 2.75) is 39.2 Å². The third kappa shape index (κ3) is 4.76. The van der Waals surface area contributed by atoms with E-state index in [9.17, 15) is 0 Å². The molecule has 1 nitrogen and oxygen atoms in total. The summed E-state index contributed by atoms with van der Waals surface area (Å²) in [5.41, 5.74) is 5.42. The van der Waals surface area contributed by atoms with Gasteiger partial charge in [0, 0.05) is 12.2 Å². The lowest BCUT2D eigenvalue weighted by Gasteiger charge is -2.26. The van der Waals surface area contributed by atoms with Gasteiger partial charge >= 0.3 is 0 Å². The van der Waals surface area contributed by atoms with Gasteiger partial charge in [0.05, 0.1) is 0 Å². The van der Waals surface area contributed by atoms with Crippen LogP contribution in [0.25, 0.3) is 0 Å². The van der Waals surface area contributed by atoms with Gasteiger partial charge in [-0.1, -0.05) is 99.1 Å². The molecule has 0 amide bonds. The van der Waals surface area contributed by atoms with Crippen LogP contribution in [0.15, 0.2) is 84.9 Å². The highest BCUT2D eigenvalue weighted by Crippen LogP contribution is 2.35. The molecule has 3 rings (SSSR count). The maximum atomic E-state index is 3.67. The second kappa shape index (κ2) is 9.24. The van der Waals surface area contributed by atoms with Crippen LogP contribution in [0, 0.1) is 5.92 Å². The lowest BCUT2D eigenvalue weighted by Crippen LogP contribution is -2.15. The van der Waals surface area contributed by atoms with Crippen LogP contribution in [0.4, 0.5) is 5.69 Å². The zero-order valence-corrected chi connectivity index (χ0v) is 15.9. The Morgan fingerprint density at radius 1 is 0.731 bits per heavy atom. The molecule has 26 heavy (non-hydrogen) atoms. The summed E-state index contributed by atoms with van der Waals surface area (Å²) in [7, 11) is 0. The number of anilines is 1. The van der Waals surface area contributed by atoms with Crippen molar-refractivity contribution in [1.29, 1.82) is 0 Å². The third-order valence-electron chi connectivity index (χ3n) is 5.32. The molecule has 0 aliphatic rings. The third-order valence-corrected chi connectivity index (χ3v) is 5.32. The zero-order chi connectivity index (χ0) is 18.2. The number of nitrogens with one attached hydrogen (secondary N) is 1. The summed E-state index contributed by atoms with van der Waals surface area (Å²) in [5.74, 6) is 1.15. The second-order valence-electron chi connectivity index (χ2n) is 7.11. The summed E-state index contributed by atoms with van der Waals surface area (Å²) in [6.45, 7) is 5.53. The maximum absolute atomic E-state index is 3.67. The second-order valence-corrected chi connectivity index (χ2v) is 7.11. The average Bonchev–Trinajstić information content (AvgIpc) is 2.72. The minimum absolute atomic E-state index is 0.516. The fourth-order valence-corrected chi connectivity index (χ4v) is 3.54. The van der Waals surface area contributed by atoms with Crippen molar-refractivity contribution in [2.75, 3.05) is 5.32 Å². The van der Waals surface area contributed by atoms with Crippen LogP contribution < -0.4 is 5.32 Å². The quantitative estimate of drug-likeness (QED) is 0.481. The van der Waals surface area contributed by atoms with Gasteiger partial charge in [-0.05, 0) is 41.0 Å². The topological polar surface area (TPSA) is 12.0 Å². The van der Waals surface area contributed by atoms with Gasteiger partial charge in [-0.25, -0.2) is 0 Å². The number of hydrogen-bond acceptors (Lipinski definition) is 1.